The number of hydrogen-bond acceptors (Lipinski definition) is 3. The van der Waals surface area contributed by atoms with Crippen molar-refractivity contribution in [2.75, 3.05) is 27.2 Å². The van der Waals surface area contributed by atoms with Crippen LogP contribution in [0.2, 0.25) is 0 Å². The average Bonchev–Trinajstić information content (AvgIpc) is 2.45. The van der Waals surface area contributed by atoms with Crippen molar-refractivity contribution in [3.63, 3.8) is 0 Å². The maximum atomic E-state index is 12.2. The Balaban J connectivity index is 2.09. The number of hydrogen-bond donors (Lipinski definition) is 2. The maximum Gasteiger partial charge on any atom is 0.326 e. The number of aliphatic carboxylic acids is 1. The number of carboxylic acid groups (broad SMARTS) is 1. The molecule has 6 nitrogen and oxygen atoms in total. The number of fused-ring (bicyclic) bond motifs is 1. The van der Waals surface area contributed by atoms with Crippen LogP contribution in [0.3, 0.4) is 0 Å². The van der Waals surface area contributed by atoms with Gasteiger partial charge in [-0.3, -0.25) is 0 Å². The Morgan fingerprint density at radius 2 is 2.00 bits per heavy atom. The van der Waals surface area contributed by atoms with Gasteiger partial charge in [-0.15, -0.1) is 0 Å². The number of carboxylic acids is 1. The van der Waals surface area contributed by atoms with Crippen LogP contribution < -0.4 is 5.32 Å². The molecule has 2 N–H and O–H groups in total. The second-order valence-corrected chi connectivity index (χ2v) is 5.49. The summed E-state index contributed by atoms with van der Waals surface area (Å²) in [6, 6.07) is 6.53. The highest BCUT2D eigenvalue weighted by atomic mass is 16.4. The lowest BCUT2D eigenvalue weighted by Crippen LogP contribution is -2.52. The molecule has 1 aromatic carbocycles. The third-order valence-electron chi connectivity index (χ3n) is 3.63. The fourth-order valence-electron chi connectivity index (χ4n) is 2.45. The molecule has 1 atom stereocenters. The van der Waals surface area contributed by atoms with E-state index in [1.54, 1.807) is 0 Å². The summed E-state index contributed by atoms with van der Waals surface area (Å²) in [7, 11) is 3.84. The molecule has 21 heavy (non-hydrogen) atoms. The van der Waals surface area contributed by atoms with Gasteiger partial charge in [0.1, 0.15) is 6.04 Å². The first-order valence-corrected chi connectivity index (χ1v) is 6.98. The van der Waals surface area contributed by atoms with Crippen LogP contribution in [-0.4, -0.2) is 60.1 Å². The highest BCUT2D eigenvalue weighted by Crippen LogP contribution is 2.23. The monoisotopic (exact) mass is 291 g/mol. The summed E-state index contributed by atoms with van der Waals surface area (Å²) in [5, 5.41) is 12.1. The number of urea groups is 1. The molecule has 0 unspecified atom stereocenters. The number of amides is 2. The first kappa shape index (κ1) is 15.3. The molecule has 1 aliphatic heterocycles. The van der Waals surface area contributed by atoms with Crippen molar-refractivity contribution < 1.29 is 14.7 Å². The minimum atomic E-state index is -0.965. The number of likely N-dealkylation sites (N-methyl/N-ethyl adjacent to an activating group) is 1. The lowest BCUT2D eigenvalue weighted by molar-refractivity contribution is -0.142. The van der Waals surface area contributed by atoms with Gasteiger partial charge < -0.3 is 20.2 Å². The third-order valence-corrected chi connectivity index (χ3v) is 3.63. The van der Waals surface area contributed by atoms with Gasteiger partial charge in [0.05, 0.1) is 0 Å². The van der Waals surface area contributed by atoms with E-state index in [4.69, 9.17) is 0 Å². The molecular weight excluding hydrogens is 270 g/mol. The maximum absolute atomic E-state index is 12.2. The van der Waals surface area contributed by atoms with Crippen LogP contribution in [0.25, 0.3) is 0 Å². The molecule has 0 saturated carbocycles. The minimum absolute atomic E-state index is 0.321. The number of benzene rings is 1. The molecule has 0 saturated heterocycles. The van der Waals surface area contributed by atoms with Crippen LogP contribution in [0.15, 0.2) is 24.3 Å². The van der Waals surface area contributed by atoms with E-state index >= 15 is 0 Å². The molecule has 0 spiro atoms. The lowest BCUT2D eigenvalue weighted by Gasteiger charge is -2.34. The standard InChI is InChI=1S/C15H21N3O3/c1-17(2)8-7-16-15(21)18-10-12-6-4-3-5-11(12)9-13(18)14(19)20/h3-6,13H,7-10H2,1-2H3,(H,16,21)(H,19,20)/t13-/m1/s1. The Kier molecular flexibility index (Phi) is 4.80. The van der Waals surface area contributed by atoms with Crippen LogP contribution in [0.5, 0.6) is 0 Å². The van der Waals surface area contributed by atoms with Crippen LogP contribution in [0, 0.1) is 0 Å². The van der Waals surface area contributed by atoms with E-state index in [1.807, 2.05) is 43.3 Å². The zero-order chi connectivity index (χ0) is 15.4. The Bertz CT molecular complexity index is 531. The Hall–Kier alpha value is -2.08. The van der Waals surface area contributed by atoms with Crippen molar-refractivity contribution in [3.05, 3.63) is 35.4 Å². The smallest absolute Gasteiger partial charge is 0.326 e. The zero-order valence-corrected chi connectivity index (χ0v) is 12.4. The normalized spacial score (nSPS) is 17.5. The van der Waals surface area contributed by atoms with Crippen LogP contribution in [-0.2, 0) is 17.8 Å². The molecule has 1 aliphatic rings. The molecule has 0 aliphatic carbocycles. The summed E-state index contributed by atoms with van der Waals surface area (Å²) >= 11 is 0. The summed E-state index contributed by atoms with van der Waals surface area (Å²) in [5.41, 5.74) is 2.01. The predicted octanol–water partition coefficient (Wildman–Crippen LogP) is 0.769. The van der Waals surface area contributed by atoms with Crippen molar-refractivity contribution >= 4 is 12.0 Å². The molecule has 2 amide bonds. The quantitative estimate of drug-likeness (QED) is 0.859. The fraction of sp³-hybridized carbons (Fsp3) is 0.467. The van der Waals surface area contributed by atoms with Gasteiger partial charge in [-0.2, -0.15) is 0 Å². The molecule has 0 radical (unpaired) electrons. The fourth-order valence-corrected chi connectivity index (χ4v) is 2.45. The summed E-state index contributed by atoms with van der Waals surface area (Å²) in [6.07, 6.45) is 0.354. The van der Waals surface area contributed by atoms with Gasteiger partial charge in [0, 0.05) is 26.1 Å². The zero-order valence-electron chi connectivity index (χ0n) is 12.4. The van der Waals surface area contributed by atoms with Gasteiger partial charge in [0.2, 0.25) is 0 Å². The predicted molar refractivity (Wildman–Crippen MR) is 79.1 cm³/mol. The van der Waals surface area contributed by atoms with Crippen LogP contribution >= 0.6 is 0 Å². The molecule has 6 heteroatoms. The Morgan fingerprint density at radius 1 is 1.33 bits per heavy atom. The number of carbonyl (C=O) groups is 2. The molecule has 114 valence electrons. The summed E-state index contributed by atoms with van der Waals surface area (Å²) < 4.78 is 0. The number of rotatable bonds is 4. The van der Waals surface area contributed by atoms with Gasteiger partial charge >= 0.3 is 12.0 Å². The van der Waals surface area contributed by atoms with Crippen molar-refractivity contribution in [2.24, 2.45) is 0 Å². The molecule has 1 aromatic rings. The van der Waals surface area contributed by atoms with Gasteiger partial charge in [-0.1, -0.05) is 24.3 Å². The topological polar surface area (TPSA) is 72.9 Å². The number of nitrogens with one attached hydrogen (secondary N) is 1. The van der Waals surface area contributed by atoms with Crippen molar-refractivity contribution in [3.8, 4) is 0 Å². The molecule has 1 heterocycles. The number of carbonyl (C=O) groups excluding carboxylic acids is 1. The summed E-state index contributed by atoms with van der Waals surface area (Å²) in [4.78, 5) is 27.0. The average molecular weight is 291 g/mol. The highest BCUT2D eigenvalue weighted by molar-refractivity contribution is 5.83. The largest absolute Gasteiger partial charge is 0.480 e. The molecule has 0 bridgehead atoms. The molecular formula is C15H21N3O3. The SMILES string of the molecule is CN(C)CCNC(=O)N1Cc2ccccc2C[C@@H]1C(=O)O. The Morgan fingerprint density at radius 3 is 2.62 bits per heavy atom. The van der Waals surface area contributed by atoms with E-state index in [0.717, 1.165) is 11.1 Å². The third kappa shape index (κ3) is 3.72. The van der Waals surface area contributed by atoms with Crippen molar-refractivity contribution in [1.29, 1.82) is 0 Å². The van der Waals surface area contributed by atoms with Gasteiger partial charge in [-0.05, 0) is 25.2 Å². The van der Waals surface area contributed by atoms with Gasteiger partial charge in [0.25, 0.3) is 0 Å². The summed E-state index contributed by atoms with van der Waals surface area (Å²) in [6.45, 7) is 1.55. The van der Waals surface area contributed by atoms with E-state index in [2.05, 4.69) is 5.32 Å². The first-order valence-electron chi connectivity index (χ1n) is 6.98. The van der Waals surface area contributed by atoms with Crippen LogP contribution in [0.4, 0.5) is 4.79 Å². The van der Waals surface area contributed by atoms with E-state index < -0.39 is 12.0 Å². The number of nitrogens with zero attached hydrogens (tertiary/aromatic N) is 2. The van der Waals surface area contributed by atoms with E-state index in [1.165, 1.54) is 4.90 Å². The minimum Gasteiger partial charge on any atom is -0.480 e. The second kappa shape index (κ2) is 6.58. The van der Waals surface area contributed by atoms with Crippen molar-refractivity contribution in [2.45, 2.75) is 19.0 Å². The van der Waals surface area contributed by atoms with E-state index in [0.29, 0.717) is 26.1 Å². The van der Waals surface area contributed by atoms with E-state index in [-0.39, 0.29) is 6.03 Å². The van der Waals surface area contributed by atoms with E-state index in [9.17, 15) is 14.7 Å². The van der Waals surface area contributed by atoms with Gasteiger partial charge in [0.15, 0.2) is 0 Å². The van der Waals surface area contributed by atoms with Gasteiger partial charge in [-0.25, -0.2) is 9.59 Å². The summed E-state index contributed by atoms with van der Waals surface area (Å²) in [5.74, 6) is -0.965. The molecule has 0 fully saturated rings. The first-order chi connectivity index (χ1) is 9.99. The lowest BCUT2D eigenvalue weighted by atomic mass is 9.94. The Labute approximate surface area is 124 Å². The van der Waals surface area contributed by atoms with Crippen molar-refractivity contribution in [1.82, 2.24) is 15.1 Å². The highest BCUT2D eigenvalue weighted by Gasteiger charge is 2.34. The molecule has 2 rings (SSSR count). The molecule has 0 aromatic heterocycles. The van der Waals surface area contributed by atoms with Crippen LogP contribution in [0.1, 0.15) is 11.1 Å². The second-order valence-electron chi connectivity index (χ2n) is 5.49.